The summed E-state index contributed by atoms with van der Waals surface area (Å²) < 4.78 is 13.6. The van der Waals surface area contributed by atoms with E-state index in [4.69, 9.17) is 21.7 Å². The van der Waals surface area contributed by atoms with Gasteiger partial charge in [0.05, 0.1) is 17.6 Å². The standard InChI is InChI=1S/C25H23N3O4S2/c1-2-16-8-10-17(11-9-16)32-22-19(23(29)27-12-4-3-7-21(27)26-22)14-20-24(30)28(25(33)34-20)15-18-6-5-13-31-18/h3-4,7-12,14,18H,2,5-6,13,15H2,1H3/b20-14+. The molecular weight excluding hydrogens is 470 g/mol. The normalized spacial score (nSPS) is 19.5. The summed E-state index contributed by atoms with van der Waals surface area (Å²) in [6.07, 6.45) is 5.97. The summed E-state index contributed by atoms with van der Waals surface area (Å²) in [6, 6.07) is 12.9. The van der Waals surface area contributed by atoms with Gasteiger partial charge in [0.1, 0.15) is 21.3 Å². The van der Waals surface area contributed by atoms with E-state index >= 15 is 0 Å². The van der Waals surface area contributed by atoms with Gasteiger partial charge in [-0.15, -0.1) is 0 Å². The number of thiocarbonyl (C=S) groups is 1. The van der Waals surface area contributed by atoms with Crippen LogP contribution in [0, 0.1) is 0 Å². The van der Waals surface area contributed by atoms with Gasteiger partial charge >= 0.3 is 0 Å². The molecule has 1 atom stereocenters. The van der Waals surface area contributed by atoms with Crippen molar-refractivity contribution in [3.05, 3.63) is 75.0 Å². The van der Waals surface area contributed by atoms with Gasteiger partial charge < -0.3 is 9.47 Å². The number of aromatic nitrogens is 2. The van der Waals surface area contributed by atoms with E-state index in [0.29, 0.717) is 33.8 Å². The molecule has 34 heavy (non-hydrogen) atoms. The molecule has 0 saturated carbocycles. The van der Waals surface area contributed by atoms with Gasteiger partial charge in [-0.25, -0.2) is 0 Å². The first-order valence-electron chi connectivity index (χ1n) is 11.2. The minimum atomic E-state index is -0.324. The minimum absolute atomic E-state index is 0.0141. The highest BCUT2D eigenvalue weighted by Crippen LogP contribution is 2.35. The van der Waals surface area contributed by atoms with Crippen LogP contribution in [-0.2, 0) is 16.0 Å². The molecule has 0 aliphatic carbocycles. The van der Waals surface area contributed by atoms with Crippen LogP contribution in [0.1, 0.15) is 30.9 Å². The van der Waals surface area contributed by atoms with Gasteiger partial charge in [-0.1, -0.05) is 49.1 Å². The fourth-order valence-corrected chi connectivity index (χ4v) is 5.23. The van der Waals surface area contributed by atoms with Gasteiger partial charge in [0.25, 0.3) is 11.5 Å². The van der Waals surface area contributed by atoms with E-state index in [1.807, 2.05) is 24.3 Å². The third kappa shape index (κ3) is 4.51. The molecule has 2 aliphatic rings. The lowest BCUT2D eigenvalue weighted by molar-refractivity contribution is -0.123. The topological polar surface area (TPSA) is 73.1 Å². The molecule has 2 fully saturated rings. The number of nitrogens with zero attached hydrogens (tertiary/aromatic N) is 3. The number of rotatable bonds is 6. The molecule has 9 heteroatoms. The molecule has 0 bridgehead atoms. The zero-order valence-corrected chi connectivity index (χ0v) is 20.2. The van der Waals surface area contributed by atoms with Gasteiger partial charge in [0.15, 0.2) is 0 Å². The van der Waals surface area contributed by atoms with Crippen molar-refractivity contribution in [2.45, 2.75) is 32.3 Å². The maximum absolute atomic E-state index is 13.4. The highest BCUT2D eigenvalue weighted by atomic mass is 32.2. The SMILES string of the molecule is CCc1ccc(Oc2nc3ccccn3c(=O)c2/C=C2/SC(=S)N(CC3CCCO3)C2=O)cc1. The Bertz CT molecular complexity index is 1340. The lowest BCUT2D eigenvalue weighted by Gasteiger charge is -2.18. The van der Waals surface area contributed by atoms with Gasteiger partial charge in [0.2, 0.25) is 5.88 Å². The van der Waals surface area contributed by atoms with Crippen molar-refractivity contribution < 1.29 is 14.3 Å². The van der Waals surface area contributed by atoms with Gasteiger partial charge in [-0.2, -0.15) is 4.98 Å². The summed E-state index contributed by atoms with van der Waals surface area (Å²) >= 11 is 6.63. The molecule has 4 heterocycles. The number of carbonyl (C=O) groups is 1. The molecule has 0 N–H and O–H groups in total. The van der Waals surface area contributed by atoms with Crippen molar-refractivity contribution in [1.82, 2.24) is 14.3 Å². The molecule has 2 aliphatic heterocycles. The minimum Gasteiger partial charge on any atom is -0.438 e. The number of hydrogen-bond acceptors (Lipinski definition) is 7. The maximum atomic E-state index is 13.4. The van der Waals surface area contributed by atoms with E-state index in [-0.39, 0.29) is 29.0 Å². The Morgan fingerprint density at radius 3 is 2.79 bits per heavy atom. The van der Waals surface area contributed by atoms with E-state index in [0.717, 1.165) is 19.3 Å². The predicted octanol–water partition coefficient (Wildman–Crippen LogP) is 4.43. The number of carbonyl (C=O) groups excluding carboxylic acids is 1. The van der Waals surface area contributed by atoms with E-state index in [1.54, 1.807) is 35.4 Å². The van der Waals surface area contributed by atoms with Gasteiger partial charge in [-0.3, -0.25) is 18.9 Å². The van der Waals surface area contributed by atoms with Gasteiger partial charge in [-0.05, 0) is 55.2 Å². The smallest absolute Gasteiger partial charge is 0.269 e. The number of aryl methyl sites for hydroxylation is 1. The number of pyridine rings is 1. The van der Waals surface area contributed by atoms with Crippen LogP contribution < -0.4 is 10.3 Å². The van der Waals surface area contributed by atoms with E-state index in [2.05, 4.69) is 11.9 Å². The van der Waals surface area contributed by atoms with Crippen LogP contribution in [0.5, 0.6) is 11.6 Å². The molecule has 1 amide bonds. The number of amides is 1. The highest BCUT2D eigenvalue weighted by molar-refractivity contribution is 8.26. The van der Waals surface area contributed by atoms with E-state index in [9.17, 15) is 9.59 Å². The Kier molecular flexibility index (Phi) is 6.49. The first-order chi connectivity index (χ1) is 16.5. The molecule has 2 aromatic heterocycles. The third-order valence-electron chi connectivity index (χ3n) is 5.84. The number of hydrogen-bond donors (Lipinski definition) is 0. The Labute approximate surface area is 206 Å². The molecule has 1 unspecified atom stereocenters. The van der Waals surface area contributed by atoms with Crippen LogP contribution in [0.3, 0.4) is 0 Å². The lowest BCUT2D eigenvalue weighted by Crippen LogP contribution is -2.35. The summed E-state index contributed by atoms with van der Waals surface area (Å²) in [5, 5.41) is 0. The summed E-state index contributed by atoms with van der Waals surface area (Å²) in [5.41, 5.74) is 1.50. The molecule has 0 radical (unpaired) electrons. The van der Waals surface area contributed by atoms with Crippen LogP contribution in [0.25, 0.3) is 11.7 Å². The van der Waals surface area contributed by atoms with Crippen molar-refractivity contribution in [2.75, 3.05) is 13.2 Å². The summed E-state index contributed by atoms with van der Waals surface area (Å²) in [4.78, 5) is 33.0. The number of benzene rings is 1. The Morgan fingerprint density at radius 2 is 2.06 bits per heavy atom. The van der Waals surface area contributed by atoms with Crippen molar-refractivity contribution >= 4 is 45.9 Å². The molecule has 2 saturated heterocycles. The van der Waals surface area contributed by atoms with Crippen LogP contribution in [0.15, 0.2) is 58.4 Å². The molecule has 1 aromatic carbocycles. The molecular formula is C25H23N3O4S2. The zero-order valence-electron chi connectivity index (χ0n) is 18.6. The fraction of sp³-hybridized carbons (Fsp3) is 0.280. The second-order valence-corrected chi connectivity index (χ2v) is 9.77. The summed E-state index contributed by atoms with van der Waals surface area (Å²) in [6.45, 7) is 3.20. The average molecular weight is 494 g/mol. The summed E-state index contributed by atoms with van der Waals surface area (Å²) in [7, 11) is 0. The first kappa shape index (κ1) is 22.8. The Hall–Kier alpha value is -3.01. The largest absolute Gasteiger partial charge is 0.438 e. The maximum Gasteiger partial charge on any atom is 0.269 e. The zero-order chi connectivity index (χ0) is 23.7. The molecule has 7 nitrogen and oxygen atoms in total. The Balaban J connectivity index is 1.53. The van der Waals surface area contributed by atoms with Crippen LogP contribution in [0.4, 0.5) is 0 Å². The fourth-order valence-electron chi connectivity index (χ4n) is 3.97. The average Bonchev–Trinajstić information content (AvgIpc) is 3.46. The van der Waals surface area contributed by atoms with Gasteiger partial charge in [0, 0.05) is 12.8 Å². The van der Waals surface area contributed by atoms with E-state index in [1.165, 1.54) is 21.7 Å². The van der Waals surface area contributed by atoms with E-state index < -0.39 is 0 Å². The third-order valence-corrected chi connectivity index (χ3v) is 7.22. The van der Waals surface area contributed by atoms with Crippen LogP contribution in [-0.4, -0.2) is 43.8 Å². The highest BCUT2D eigenvalue weighted by Gasteiger charge is 2.35. The van der Waals surface area contributed by atoms with Crippen molar-refractivity contribution in [1.29, 1.82) is 0 Å². The predicted molar refractivity (Wildman–Crippen MR) is 136 cm³/mol. The van der Waals surface area contributed by atoms with Crippen molar-refractivity contribution in [2.24, 2.45) is 0 Å². The second-order valence-electron chi connectivity index (χ2n) is 8.09. The molecule has 174 valence electrons. The summed E-state index contributed by atoms with van der Waals surface area (Å²) in [5.74, 6) is 0.469. The lowest BCUT2D eigenvalue weighted by atomic mass is 10.2. The first-order valence-corrected chi connectivity index (χ1v) is 12.4. The van der Waals surface area contributed by atoms with Crippen LogP contribution >= 0.6 is 24.0 Å². The van der Waals surface area contributed by atoms with Crippen molar-refractivity contribution in [3.63, 3.8) is 0 Å². The number of ether oxygens (including phenoxy) is 2. The quantitative estimate of drug-likeness (QED) is 0.372. The molecule has 5 rings (SSSR count). The Morgan fingerprint density at radius 1 is 1.24 bits per heavy atom. The number of thioether (sulfide) groups is 1. The molecule has 0 spiro atoms. The van der Waals surface area contributed by atoms with Crippen LogP contribution in [0.2, 0.25) is 0 Å². The second kappa shape index (κ2) is 9.69. The molecule has 3 aromatic rings. The number of fused-ring (bicyclic) bond motifs is 1. The van der Waals surface area contributed by atoms with Crippen molar-refractivity contribution in [3.8, 4) is 11.6 Å². The monoisotopic (exact) mass is 493 g/mol.